The minimum absolute atomic E-state index is 0.405. The van der Waals surface area contributed by atoms with E-state index in [4.69, 9.17) is 0 Å². The highest BCUT2D eigenvalue weighted by molar-refractivity contribution is 5.55. The van der Waals surface area contributed by atoms with Crippen LogP contribution >= 0.6 is 0 Å². The van der Waals surface area contributed by atoms with Gasteiger partial charge in [-0.3, -0.25) is 4.99 Å². The second-order valence-corrected chi connectivity index (χ2v) is 4.04. The second kappa shape index (κ2) is 6.93. The highest BCUT2D eigenvalue weighted by atomic mass is 15.2. The molecule has 0 aromatic carbocycles. The Kier molecular flexibility index (Phi) is 6.65. The number of hydrogen-bond donors (Lipinski definition) is 0. The molecule has 0 unspecified atom stereocenters. The van der Waals surface area contributed by atoms with Crippen molar-refractivity contribution < 1.29 is 0 Å². The van der Waals surface area contributed by atoms with Gasteiger partial charge in [0.25, 0.3) is 0 Å². The zero-order valence-corrected chi connectivity index (χ0v) is 9.75. The van der Waals surface area contributed by atoms with Gasteiger partial charge in [0.2, 0.25) is 0 Å². The molecule has 0 aromatic rings. The van der Waals surface area contributed by atoms with Crippen molar-refractivity contribution in [3.8, 4) is 0 Å². The Morgan fingerprint density at radius 3 is 2.23 bits per heavy atom. The molecular weight excluding hydrogens is 160 g/mol. The predicted octanol–water partition coefficient (Wildman–Crippen LogP) is 2.93. The van der Waals surface area contributed by atoms with E-state index in [9.17, 15) is 0 Å². The molecule has 0 rings (SSSR count). The van der Waals surface area contributed by atoms with Gasteiger partial charge in [0.1, 0.15) is 0 Å². The minimum Gasteiger partial charge on any atom is -0.361 e. The van der Waals surface area contributed by atoms with Crippen LogP contribution in [0.3, 0.4) is 0 Å². The van der Waals surface area contributed by atoms with Crippen molar-refractivity contribution in [1.29, 1.82) is 0 Å². The molecule has 0 fully saturated rings. The first kappa shape index (κ1) is 12.5. The first-order valence-corrected chi connectivity index (χ1v) is 5.37. The van der Waals surface area contributed by atoms with Crippen LogP contribution in [0.2, 0.25) is 0 Å². The fourth-order valence-electron chi connectivity index (χ4n) is 1.01. The summed E-state index contributed by atoms with van der Waals surface area (Å²) in [5, 5.41) is 0. The average Bonchev–Trinajstić information content (AvgIpc) is 2.03. The van der Waals surface area contributed by atoms with Crippen LogP contribution in [0, 0.1) is 0 Å². The third-order valence-electron chi connectivity index (χ3n) is 1.95. The Labute approximate surface area is 83.0 Å². The van der Waals surface area contributed by atoms with Gasteiger partial charge in [0.05, 0.1) is 6.34 Å². The van der Waals surface area contributed by atoms with Crippen LogP contribution in [-0.2, 0) is 0 Å². The quantitative estimate of drug-likeness (QED) is 0.458. The van der Waals surface area contributed by atoms with E-state index >= 15 is 0 Å². The number of nitrogens with zero attached hydrogens (tertiary/aromatic N) is 2. The first-order valence-electron chi connectivity index (χ1n) is 5.37. The van der Waals surface area contributed by atoms with Gasteiger partial charge in [-0.15, -0.1) is 0 Å². The summed E-state index contributed by atoms with van der Waals surface area (Å²) in [5.74, 6) is 0. The van der Waals surface area contributed by atoms with Crippen molar-refractivity contribution in [1.82, 2.24) is 4.90 Å². The van der Waals surface area contributed by atoms with Gasteiger partial charge in [-0.1, -0.05) is 13.3 Å². The summed E-state index contributed by atoms with van der Waals surface area (Å²) in [4.78, 5) is 6.71. The molecule has 0 radical (unpaired) electrons. The molecule has 0 saturated carbocycles. The molecule has 0 aliphatic carbocycles. The molecule has 0 aliphatic rings. The molecule has 0 aliphatic heterocycles. The average molecular weight is 184 g/mol. The van der Waals surface area contributed by atoms with Crippen molar-refractivity contribution in [3.63, 3.8) is 0 Å². The van der Waals surface area contributed by atoms with E-state index in [1.54, 1.807) is 0 Å². The summed E-state index contributed by atoms with van der Waals surface area (Å²) in [6, 6.07) is 0.969. The van der Waals surface area contributed by atoms with Crippen molar-refractivity contribution in [2.75, 3.05) is 6.54 Å². The van der Waals surface area contributed by atoms with Gasteiger partial charge >= 0.3 is 0 Å². The summed E-state index contributed by atoms with van der Waals surface area (Å²) >= 11 is 0. The number of aliphatic imine (C=N–C) groups is 1. The Balaban J connectivity index is 3.94. The van der Waals surface area contributed by atoms with E-state index in [1.165, 1.54) is 12.8 Å². The fraction of sp³-hybridized carbons (Fsp3) is 0.909. The summed E-state index contributed by atoms with van der Waals surface area (Å²) in [7, 11) is 0. The van der Waals surface area contributed by atoms with Crippen molar-refractivity contribution in [2.45, 2.75) is 59.5 Å². The van der Waals surface area contributed by atoms with Crippen LogP contribution in [0.4, 0.5) is 0 Å². The van der Waals surface area contributed by atoms with Crippen LogP contribution in [0.1, 0.15) is 47.5 Å². The molecule has 78 valence electrons. The van der Waals surface area contributed by atoms with E-state index in [1.807, 2.05) is 6.34 Å². The Bertz CT molecular complexity index is 139. The van der Waals surface area contributed by atoms with E-state index in [0.29, 0.717) is 12.1 Å². The second-order valence-electron chi connectivity index (χ2n) is 4.04. The fourth-order valence-corrected chi connectivity index (χ4v) is 1.01. The molecule has 0 heterocycles. The van der Waals surface area contributed by atoms with Gasteiger partial charge in [-0.25, -0.2) is 0 Å². The molecular formula is C11H24N2. The summed E-state index contributed by atoms with van der Waals surface area (Å²) in [6.45, 7) is 12.0. The molecule has 2 heteroatoms. The third kappa shape index (κ3) is 6.62. The van der Waals surface area contributed by atoms with Gasteiger partial charge in [0, 0.05) is 18.6 Å². The standard InChI is InChI=1S/C11H24N2/c1-6-7-8-13(11(4)5)9-12-10(2)3/h9-11H,6-8H2,1-5H3. The van der Waals surface area contributed by atoms with Gasteiger partial charge in [-0.2, -0.15) is 0 Å². The summed E-state index contributed by atoms with van der Waals surface area (Å²) < 4.78 is 0. The van der Waals surface area contributed by atoms with E-state index < -0.39 is 0 Å². The maximum atomic E-state index is 4.40. The zero-order chi connectivity index (χ0) is 10.3. The normalized spacial score (nSPS) is 11.9. The molecule has 0 spiro atoms. The lowest BCUT2D eigenvalue weighted by Gasteiger charge is -2.23. The molecule has 0 aromatic heterocycles. The van der Waals surface area contributed by atoms with E-state index in [2.05, 4.69) is 44.5 Å². The largest absolute Gasteiger partial charge is 0.361 e. The smallest absolute Gasteiger partial charge is 0.0855 e. The van der Waals surface area contributed by atoms with Gasteiger partial charge in [-0.05, 0) is 34.1 Å². The lowest BCUT2D eigenvalue weighted by Crippen LogP contribution is -2.30. The lowest BCUT2D eigenvalue weighted by molar-refractivity contribution is 0.351. The number of unbranched alkanes of at least 4 members (excludes halogenated alkanes) is 1. The topological polar surface area (TPSA) is 15.6 Å². The van der Waals surface area contributed by atoms with Gasteiger partial charge < -0.3 is 4.90 Å². The molecule has 2 nitrogen and oxygen atoms in total. The molecule has 0 amide bonds. The van der Waals surface area contributed by atoms with Gasteiger partial charge in [0.15, 0.2) is 0 Å². The molecule has 0 saturated heterocycles. The van der Waals surface area contributed by atoms with Crippen LogP contribution < -0.4 is 0 Å². The highest BCUT2D eigenvalue weighted by Crippen LogP contribution is 1.99. The van der Waals surface area contributed by atoms with Crippen LogP contribution in [0.25, 0.3) is 0 Å². The molecule has 13 heavy (non-hydrogen) atoms. The van der Waals surface area contributed by atoms with E-state index in [0.717, 1.165) is 6.54 Å². The monoisotopic (exact) mass is 184 g/mol. The lowest BCUT2D eigenvalue weighted by atomic mass is 10.3. The Morgan fingerprint density at radius 1 is 1.23 bits per heavy atom. The maximum absolute atomic E-state index is 4.40. The van der Waals surface area contributed by atoms with Crippen LogP contribution in [0.15, 0.2) is 4.99 Å². The molecule has 0 N–H and O–H groups in total. The molecule has 0 bridgehead atoms. The number of rotatable bonds is 6. The highest BCUT2D eigenvalue weighted by Gasteiger charge is 2.03. The Hall–Kier alpha value is -0.530. The number of hydrogen-bond acceptors (Lipinski definition) is 1. The summed E-state index contributed by atoms with van der Waals surface area (Å²) in [6.07, 6.45) is 4.51. The van der Waals surface area contributed by atoms with Crippen molar-refractivity contribution in [2.24, 2.45) is 4.99 Å². The van der Waals surface area contributed by atoms with Crippen LogP contribution in [-0.4, -0.2) is 29.9 Å². The predicted molar refractivity (Wildman–Crippen MR) is 60.4 cm³/mol. The minimum atomic E-state index is 0.405. The first-order chi connectivity index (χ1) is 6.07. The van der Waals surface area contributed by atoms with Crippen molar-refractivity contribution in [3.05, 3.63) is 0 Å². The zero-order valence-electron chi connectivity index (χ0n) is 9.75. The SMILES string of the molecule is CCCCN(C=NC(C)C)C(C)C. The van der Waals surface area contributed by atoms with E-state index in [-0.39, 0.29) is 0 Å². The summed E-state index contributed by atoms with van der Waals surface area (Å²) in [5.41, 5.74) is 0. The Morgan fingerprint density at radius 2 is 1.85 bits per heavy atom. The maximum Gasteiger partial charge on any atom is 0.0855 e. The third-order valence-corrected chi connectivity index (χ3v) is 1.95. The van der Waals surface area contributed by atoms with Crippen LogP contribution in [0.5, 0.6) is 0 Å². The molecule has 0 atom stereocenters. The van der Waals surface area contributed by atoms with Crippen molar-refractivity contribution >= 4 is 6.34 Å².